The summed E-state index contributed by atoms with van der Waals surface area (Å²) >= 11 is 0. The zero-order valence-electron chi connectivity index (χ0n) is 14.7. The highest BCUT2D eigenvalue weighted by molar-refractivity contribution is 5.67. The molecule has 1 N–H and O–H groups in total. The van der Waals surface area contributed by atoms with E-state index in [0.717, 1.165) is 12.0 Å². The molecule has 0 heterocycles. The molecule has 2 aromatic carbocycles. The van der Waals surface area contributed by atoms with E-state index in [9.17, 15) is 9.90 Å². The van der Waals surface area contributed by atoms with Crippen molar-refractivity contribution in [3.8, 4) is 5.75 Å². The molecule has 0 aliphatic rings. The Balaban J connectivity index is 1.71. The summed E-state index contributed by atoms with van der Waals surface area (Å²) in [6.07, 6.45) is -0.297. The molecular weight excluding hydrogens is 318 g/mol. The fourth-order valence-electron chi connectivity index (χ4n) is 2.29. The Morgan fingerprint density at radius 1 is 1.08 bits per heavy atom. The van der Waals surface area contributed by atoms with E-state index in [2.05, 4.69) is 6.92 Å². The maximum Gasteiger partial charge on any atom is 0.409 e. The molecule has 0 spiro atoms. The summed E-state index contributed by atoms with van der Waals surface area (Å²) in [6, 6.07) is 17.2. The topological polar surface area (TPSA) is 59.0 Å². The van der Waals surface area contributed by atoms with Gasteiger partial charge in [-0.3, -0.25) is 0 Å². The van der Waals surface area contributed by atoms with Crippen molar-refractivity contribution in [2.45, 2.75) is 26.1 Å². The number of likely N-dealkylation sites (N-methyl/N-ethyl adjacent to an activating group) is 1. The smallest absolute Gasteiger partial charge is 0.409 e. The van der Waals surface area contributed by atoms with Gasteiger partial charge in [0, 0.05) is 7.05 Å². The predicted molar refractivity (Wildman–Crippen MR) is 96.6 cm³/mol. The fourth-order valence-corrected chi connectivity index (χ4v) is 2.29. The maximum atomic E-state index is 11.9. The van der Waals surface area contributed by atoms with Gasteiger partial charge in [0.1, 0.15) is 25.1 Å². The number of aliphatic hydroxyl groups is 1. The Morgan fingerprint density at radius 3 is 2.40 bits per heavy atom. The second-order valence-electron chi connectivity index (χ2n) is 5.88. The molecule has 1 atom stereocenters. The Bertz CT molecular complexity index is 643. The number of benzene rings is 2. The summed E-state index contributed by atoms with van der Waals surface area (Å²) in [5.74, 6) is 0.700. The van der Waals surface area contributed by atoms with Crippen molar-refractivity contribution in [3.05, 3.63) is 65.7 Å². The minimum Gasteiger partial charge on any atom is -0.491 e. The monoisotopic (exact) mass is 343 g/mol. The highest BCUT2D eigenvalue weighted by atomic mass is 16.6. The summed E-state index contributed by atoms with van der Waals surface area (Å²) in [5.41, 5.74) is 2.15. The van der Waals surface area contributed by atoms with Crippen LogP contribution >= 0.6 is 0 Å². The molecule has 0 saturated heterocycles. The molecule has 0 bridgehead atoms. The second kappa shape index (κ2) is 9.69. The molecular formula is C20H25NO4. The quantitative estimate of drug-likeness (QED) is 0.799. The third-order valence-electron chi connectivity index (χ3n) is 3.78. The van der Waals surface area contributed by atoms with E-state index in [1.54, 1.807) is 7.05 Å². The fraction of sp³-hybridized carbons (Fsp3) is 0.350. The molecule has 2 rings (SSSR count). The van der Waals surface area contributed by atoms with Gasteiger partial charge in [0.25, 0.3) is 0 Å². The van der Waals surface area contributed by atoms with E-state index in [-0.39, 0.29) is 19.8 Å². The van der Waals surface area contributed by atoms with Crippen LogP contribution in [0.1, 0.15) is 18.1 Å². The summed E-state index contributed by atoms with van der Waals surface area (Å²) < 4.78 is 10.8. The molecule has 1 amide bonds. The molecule has 0 aliphatic heterocycles. The summed E-state index contributed by atoms with van der Waals surface area (Å²) in [4.78, 5) is 13.3. The van der Waals surface area contributed by atoms with E-state index in [0.29, 0.717) is 5.75 Å². The lowest BCUT2D eigenvalue weighted by molar-refractivity contribution is 0.0583. The molecule has 0 saturated carbocycles. The Kier molecular flexibility index (Phi) is 7.29. The van der Waals surface area contributed by atoms with Crippen LogP contribution in [-0.2, 0) is 17.8 Å². The largest absolute Gasteiger partial charge is 0.491 e. The number of aliphatic hydroxyl groups excluding tert-OH is 1. The number of hydrogen-bond acceptors (Lipinski definition) is 4. The zero-order valence-corrected chi connectivity index (χ0v) is 14.7. The van der Waals surface area contributed by atoms with Crippen molar-refractivity contribution in [2.75, 3.05) is 20.2 Å². The third kappa shape index (κ3) is 6.47. The van der Waals surface area contributed by atoms with E-state index < -0.39 is 12.2 Å². The lowest BCUT2D eigenvalue weighted by atomic mass is 10.2. The van der Waals surface area contributed by atoms with Crippen LogP contribution in [0.15, 0.2) is 54.6 Å². The van der Waals surface area contributed by atoms with Gasteiger partial charge in [-0.2, -0.15) is 0 Å². The summed E-state index contributed by atoms with van der Waals surface area (Å²) in [5, 5.41) is 10.0. The van der Waals surface area contributed by atoms with Gasteiger partial charge in [-0.25, -0.2) is 4.79 Å². The number of nitrogens with zero attached hydrogens (tertiary/aromatic N) is 1. The molecule has 0 fully saturated rings. The van der Waals surface area contributed by atoms with Crippen LogP contribution in [0.3, 0.4) is 0 Å². The minimum absolute atomic E-state index is 0.113. The van der Waals surface area contributed by atoms with E-state index in [4.69, 9.17) is 9.47 Å². The summed E-state index contributed by atoms with van der Waals surface area (Å²) in [6.45, 7) is 2.55. The lowest BCUT2D eigenvalue weighted by Crippen LogP contribution is -2.37. The molecule has 134 valence electrons. The molecule has 5 nitrogen and oxygen atoms in total. The van der Waals surface area contributed by atoms with Crippen LogP contribution in [0.4, 0.5) is 4.79 Å². The Morgan fingerprint density at radius 2 is 1.76 bits per heavy atom. The van der Waals surface area contributed by atoms with Gasteiger partial charge in [0.15, 0.2) is 0 Å². The third-order valence-corrected chi connectivity index (χ3v) is 3.78. The predicted octanol–water partition coefficient (Wildman–Crippen LogP) is 3.26. The maximum absolute atomic E-state index is 11.9. The van der Waals surface area contributed by atoms with Gasteiger partial charge in [-0.15, -0.1) is 0 Å². The van der Waals surface area contributed by atoms with Gasteiger partial charge in [-0.05, 0) is 29.7 Å². The van der Waals surface area contributed by atoms with E-state index >= 15 is 0 Å². The number of hydrogen-bond donors (Lipinski definition) is 1. The van der Waals surface area contributed by atoms with Crippen LogP contribution in [0.2, 0.25) is 0 Å². The van der Waals surface area contributed by atoms with E-state index in [1.165, 1.54) is 10.5 Å². The van der Waals surface area contributed by atoms with Gasteiger partial charge in [0.2, 0.25) is 0 Å². The number of aryl methyl sites for hydroxylation is 1. The highest BCUT2D eigenvalue weighted by Gasteiger charge is 2.15. The van der Waals surface area contributed by atoms with Crippen molar-refractivity contribution in [2.24, 2.45) is 0 Å². The molecule has 25 heavy (non-hydrogen) atoms. The number of carbonyl (C=O) groups excluding carboxylic acids is 1. The molecule has 0 radical (unpaired) electrons. The molecule has 5 heteroatoms. The molecule has 0 aliphatic carbocycles. The van der Waals surface area contributed by atoms with Crippen molar-refractivity contribution < 1.29 is 19.4 Å². The van der Waals surface area contributed by atoms with Crippen LogP contribution in [0.5, 0.6) is 5.75 Å². The number of rotatable bonds is 8. The average Bonchev–Trinajstić information content (AvgIpc) is 2.65. The lowest BCUT2D eigenvalue weighted by Gasteiger charge is -2.20. The normalized spacial score (nSPS) is 11.6. The van der Waals surface area contributed by atoms with Crippen molar-refractivity contribution >= 4 is 6.09 Å². The molecule has 2 aromatic rings. The van der Waals surface area contributed by atoms with Gasteiger partial charge in [0.05, 0.1) is 6.54 Å². The average molecular weight is 343 g/mol. The first-order valence-corrected chi connectivity index (χ1v) is 8.40. The van der Waals surface area contributed by atoms with Crippen molar-refractivity contribution in [3.63, 3.8) is 0 Å². The zero-order chi connectivity index (χ0) is 18.1. The van der Waals surface area contributed by atoms with Gasteiger partial charge >= 0.3 is 6.09 Å². The number of carbonyl (C=O) groups is 1. The van der Waals surface area contributed by atoms with Crippen LogP contribution in [-0.4, -0.2) is 42.4 Å². The van der Waals surface area contributed by atoms with Crippen molar-refractivity contribution in [1.29, 1.82) is 0 Å². The van der Waals surface area contributed by atoms with Crippen LogP contribution in [0, 0.1) is 0 Å². The van der Waals surface area contributed by atoms with Gasteiger partial charge in [-0.1, -0.05) is 49.4 Å². The van der Waals surface area contributed by atoms with Gasteiger partial charge < -0.3 is 19.5 Å². The Hall–Kier alpha value is -2.53. The Labute approximate surface area is 148 Å². The SMILES string of the molecule is CCc1ccc(OCC(O)CN(C)C(=O)OCc2ccccc2)cc1. The first kappa shape index (κ1) is 18.8. The number of ether oxygens (including phenoxy) is 2. The van der Waals surface area contributed by atoms with Crippen LogP contribution in [0.25, 0.3) is 0 Å². The van der Waals surface area contributed by atoms with E-state index in [1.807, 2.05) is 54.6 Å². The van der Waals surface area contributed by atoms with Crippen molar-refractivity contribution in [1.82, 2.24) is 4.90 Å². The highest BCUT2D eigenvalue weighted by Crippen LogP contribution is 2.13. The first-order valence-electron chi connectivity index (χ1n) is 8.40. The van der Waals surface area contributed by atoms with Crippen LogP contribution < -0.4 is 4.74 Å². The number of amides is 1. The molecule has 1 unspecified atom stereocenters. The molecule has 0 aromatic heterocycles. The first-order chi connectivity index (χ1) is 12.1. The standard InChI is InChI=1S/C20H25NO4/c1-3-16-9-11-19(12-10-16)24-15-18(22)13-21(2)20(23)25-14-17-7-5-4-6-8-17/h4-12,18,22H,3,13-15H2,1-2H3. The second-order valence-corrected chi connectivity index (χ2v) is 5.88. The summed E-state index contributed by atoms with van der Waals surface area (Å²) in [7, 11) is 1.59. The minimum atomic E-state index is -0.792.